The standard InChI is InChI=1S/C115H93N5/c1-112(2)66-67-113(3,4)103-71-89(58-61-101(103)112)119-107-37-19-17-33-98(107)100-70-83(49-64-110(100)119)92-60-65-109(95-31-16-15-30-93(92)95)118(87-54-44-79(45-55-87)77-26-13-10-14-27-77)88-56-46-80(47-57-88)81-28-21-29-84(68-81)105-73-114(5,6)102-62-59-90(72-104(102)115(105,7)8)120-108-38-20-18-32-97(108)99-69-82(48-63-111(99)120)91-34-22-36-96-94(91)35-23-39-106(96)117(85-50-40-75(74-116)41-51-85)86-52-42-78(43-53-86)76-24-11-9-12-25-76/h9-65,68-72,105H,66-67,73H2,1-8H3. The summed E-state index contributed by atoms with van der Waals surface area (Å²) in [5.74, 6) is 0.223. The molecule has 2 aliphatic rings. The van der Waals surface area contributed by atoms with E-state index in [1.165, 1.54) is 140 Å². The average molecular weight is 1550 g/mol. The Bertz CT molecular complexity index is 7290. The second-order valence-corrected chi connectivity index (χ2v) is 35.9. The maximum atomic E-state index is 9.86. The molecular weight excluding hydrogens is 1450 g/mol. The van der Waals surface area contributed by atoms with E-state index in [0.29, 0.717) is 5.56 Å². The Kier molecular flexibility index (Phi) is 17.6. The van der Waals surface area contributed by atoms with Gasteiger partial charge in [-0.2, -0.15) is 5.26 Å². The predicted molar refractivity (Wildman–Crippen MR) is 507 cm³/mol. The van der Waals surface area contributed by atoms with Crippen molar-refractivity contribution >= 4 is 99.3 Å². The van der Waals surface area contributed by atoms with E-state index in [-0.39, 0.29) is 27.6 Å². The van der Waals surface area contributed by atoms with Crippen molar-refractivity contribution in [3.8, 4) is 73.1 Å². The number of hydrogen-bond donors (Lipinski definition) is 0. The van der Waals surface area contributed by atoms with E-state index in [1.807, 2.05) is 12.1 Å². The van der Waals surface area contributed by atoms with Crippen LogP contribution in [0.25, 0.3) is 132 Å². The fraction of sp³-hybridized carbons (Fsp3) is 0.139. The van der Waals surface area contributed by atoms with E-state index in [2.05, 4.69) is 444 Å². The zero-order valence-corrected chi connectivity index (χ0v) is 69.2. The summed E-state index contributed by atoms with van der Waals surface area (Å²) >= 11 is 0. The van der Waals surface area contributed by atoms with Crippen LogP contribution in [0, 0.1) is 11.3 Å². The topological polar surface area (TPSA) is 40.1 Å². The molecule has 0 saturated heterocycles. The van der Waals surface area contributed by atoms with Crippen LogP contribution in [-0.4, -0.2) is 9.13 Å². The molecule has 0 saturated carbocycles. The number of rotatable bonds is 14. The van der Waals surface area contributed by atoms with Crippen LogP contribution < -0.4 is 9.80 Å². The fourth-order valence-electron chi connectivity index (χ4n) is 20.6. The number of anilines is 6. The van der Waals surface area contributed by atoms with Gasteiger partial charge in [-0.15, -0.1) is 0 Å². The number of para-hydroxylation sites is 2. The Labute approximate surface area is 703 Å². The molecule has 0 spiro atoms. The maximum absolute atomic E-state index is 9.86. The summed E-state index contributed by atoms with van der Waals surface area (Å²) in [7, 11) is 0. The fourth-order valence-corrected chi connectivity index (χ4v) is 20.6. The molecular formula is C115H93N5. The highest BCUT2D eigenvalue weighted by Gasteiger charge is 2.45. The first-order chi connectivity index (χ1) is 58.4. The lowest BCUT2D eigenvalue weighted by Crippen LogP contribution is -2.40. The molecule has 578 valence electrons. The quantitative estimate of drug-likeness (QED) is 0.109. The van der Waals surface area contributed by atoms with Crippen molar-refractivity contribution in [3.05, 3.63) is 409 Å². The number of nitrogens with zero attached hydrogens (tertiary/aromatic N) is 5. The van der Waals surface area contributed by atoms with E-state index in [1.54, 1.807) is 0 Å². The van der Waals surface area contributed by atoms with Crippen molar-refractivity contribution in [1.82, 2.24) is 9.13 Å². The zero-order chi connectivity index (χ0) is 81.3. The van der Waals surface area contributed by atoms with Gasteiger partial charge in [0, 0.05) is 66.4 Å². The first-order valence-corrected chi connectivity index (χ1v) is 42.5. The van der Waals surface area contributed by atoms with Crippen LogP contribution in [0.15, 0.2) is 376 Å². The van der Waals surface area contributed by atoms with Crippen molar-refractivity contribution in [3.63, 3.8) is 0 Å². The van der Waals surface area contributed by atoms with Crippen molar-refractivity contribution < 1.29 is 0 Å². The lowest BCUT2D eigenvalue weighted by atomic mass is 9.56. The molecule has 0 fully saturated rings. The van der Waals surface area contributed by atoms with Gasteiger partial charge in [0.1, 0.15) is 0 Å². The highest BCUT2D eigenvalue weighted by Crippen LogP contribution is 2.56. The normalized spacial score (nSPS) is 15.1. The van der Waals surface area contributed by atoms with Gasteiger partial charge in [-0.3, -0.25) is 0 Å². The van der Waals surface area contributed by atoms with E-state index in [0.717, 1.165) is 73.7 Å². The van der Waals surface area contributed by atoms with Crippen molar-refractivity contribution in [1.29, 1.82) is 5.26 Å². The number of fused-ring (bicyclic) bond motifs is 10. The Hall–Kier alpha value is -14.1. The molecule has 2 heterocycles. The summed E-state index contributed by atoms with van der Waals surface area (Å²) < 4.78 is 5.00. The number of benzene rings is 17. The molecule has 1 atom stereocenters. The van der Waals surface area contributed by atoms with Gasteiger partial charge < -0.3 is 18.9 Å². The van der Waals surface area contributed by atoms with Gasteiger partial charge in [-0.25, -0.2) is 0 Å². The summed E-state index contributed by atoms with van der Waals surface area (Å²) in [6.45, 7) is 19.6. The monoisotopic (exact) mass is 1540 g/mol. The number of hydrogen-bond acceptors (Lipinski definition) is 3. The van der Waals surface area contributed by atoms with Gasteiger partial charge in [0.15, 0.2) is 0 Å². The van der Waals surface area contributed by atoms with Crippen LogP contribution >= 0.6 is 0 Å². The van der Waals surface area contributed by atoms with E-state index in [9.17, 15) is 5.26 Å². The predicted octanol–water partition coefficient (Wildman–Crippen LogP) is 31.4. The summed E-state index contributed by atoms with van der Waals surface area (Å²) in [6, 6.07) is 142. The maximum Gasteiger partial charge on any atom is 0.0991 e. The lowest BCUT2D eigenvalue weighted by molar-refractivity contribution is 0.283. The van der Waals surface area contributed by atoms with Crippen LogP contribution in [0.1, 0.15) is 114 Å². The molecule has 0 bridgehead atoms. The molecule has 120 heavy (non-hydrogen) atoms. The van der Waals surface area contributed by atoms with Crippen molar-refractivity contribution in [2.45, 2.75) is 102 Å². The SMILES string of the molecule is CC1(C)CCC(C)(C)c2cc(-n3c4ccccc4c4cc(-c5ccc(N(c6ccc(-c7ccccc7)cc6)c6ccc(-c7cccc(C8CC(C)(C)c9ccc(-n%10c%11ccccc%11c%11cc(-c%12cccc%13c(N(c%14ccc(C#N)cc%14)c%14ccc(-c%15ccccc%15)cc%14)cccc%12%13)ccc%11%10)cc9C8(C)C)c7)cc6)c6ccccc56)ccc43)ccc21. The van der Waals surface area contributed by atoms with E-state index < -0.39 is 0 Å². The van der Waals surface area contributed by atoms with Crippen molar-refractivity contribution in [2.24, 2.45) is 0 Å². The van der Waals surface area contributed by atoms with Crippen LogP contribution in [0.4, 0.5) is 34.1 Å². The third-order valence-corrected chi connectivity index (χ3v) is 27.1. The molecule has 21 rings (SSSR count). The molecule has 2 aromatic heterocycles. The Morgan fingerprint density at radius 3 is 1.19 bits per heavy atom. The Balaban J connectivity index is 0.605. The molecule has 0 radical (unpaired) electrons. The highest BCUT2D eigenvalue weighted by atomic mass is 15.1. The molecule has 1 unspecified atom stereocenters. The van der Waals surface area contributed by atoms with Gasteiger partial charge in [0.2, 0.25) is 0 Å². The molecule has 19 aromatic rings. The number of aromatic nitrogens is 2. The minimum atomic E-state index is -0.233. The zero-order valence-electron chi connectivity index (χ0n) is 69.2. The minimum absolute atomic E-state index is 0.0953. The van der Waals surface area contributed by atoms with Gasteiger partial charge in [0.25, 0.3) is 0 Å². The second kappa shape index (κ2) is 28.7. The summed E-state index contributed by atoms with van der Waals surface area (Å²) in [6.07, 6.45) is 3.37. The smallest absolute Gasteiger partial charge is 0.0991 e. The van der Waals surface area contributed by atoms with Crippen molar-refractivity contribution in [2.75, 3.05) is 9.80 Å². The third kappa shape index (κ3) is 12.4. The average Bonchev–Trinajstić information content (AvgIpc) is 1.71. The van der Waals surface area contributed by atoms with E-state index >= 15 is 0 Å². The van der Waals surface area contributed by atoms with Gasteiger partial charge in [0.05, 0.1) is 45.1 Å². The van der Waals surface area contributed by atoms with Gasteiger partial charge in [-0.05, 0) is 275 Å². The molecule has 17 aromatic carbocycles. The minimum Gasteiger partial charge on any atom is -0.310 e. The summed E-state index contributed by atoms with van der Waals surface area (Å²) in [5.41, 5.74) is 33.0. The molecule has 0 N–H and O–H groups in total. The second-order valence-electron chi connectivity index (χ2n) is 35.9. The van der Waals surface area contributed by atoms with Crippen LogP contribution in [0.3, 0.4) is 0 Å². The van der Waals surface area contributed by atoms with Crippen LogP contribution in [-0.2, 0) is 21.7 Å². The number of nitriles is 1. The van der Waals surface area contributed by atoms with Gasteiger partial charge in [-0.1, -0.05) is 298 Å². The largest absolute Gasteiger partial charge is 0.310 e. The van der Waals surface area contributed by atoms with Gasteiger partial charge >= 0.3 is 0 Å². The lowest BCUT2D eigenvalue weighted by Gasteiger charge is -2.48. The molecule has 5 heteroatoms. The van der Waals surface area contributed by atoms with Crippen LogP contribution in [0.5, 0.6) is 0 Å². The Morgan fingerprint density at radius 1 is 0.275 bits per heavy atom. The first kappa shape index (κ1) is 73.6. The Morgan fingerprint density at radius 2 is 0.658 bits per heavy atom. The summed E-state index contributed by atoms with van der Waals surface area (Å²) in [5, 5.41) is 19.5. The molecule has 5 nitrogen and oxygen atoms in total. The molecule has 0 amide bonds. The summed E-state index contributed by atoms with van der Waals surface area (Å²) in [4.78, 5) is 4.77. The van der Waals surface area contributed by atoms with Crippen LogP contribution in [0.2, 0.25) is 0 Å². The first-order valence-electron chi connectivity index (χ1n) is 42.5. The molecule has 0 aliphatic heterocycles. The highest BCUT2D eigenvalue weighted by molar-refractivity contribution is 6.15. The molecule has 2 aliphatic carbocycles. The van der Waals surface area contributed by atoms with E-state index in [4.69, 9.17) is 0 Å². The third-order valence-electron chi connectivity index (χ3n) is 27.1.